The van der Waals surface area contributed by atoms with Crippen molar-refractivity contribution in [2.75, 3.05) is 0 Å². The van der Waals surface area contributed by atoms with E-state index in [0.717, 1.165) is 5.56 Å². The van der Waals surface area contributed by atoms with Crippen LogP contribution in [-0.4, -0.2) is 20.0 Å². The van der Waals surface area contributed by atoms with Gasteiger partial charge in [0.25, 0.3) is 0 Å². The first kappa shape index (κ1) is 20.6. The van der Waals surface area contributed by atoms with Crippen LogP contribution in [-0.2, 0) is 19.6 Å². The summed E-state index contributed by atoms with van der Waals surface area (Å²) in [4.78, 5) is 0. The Hall–Kier alpha value is -3.11. The van der Waals surface area contributed by atoms with Gasteiger partial charge < -0.3 is 4.74 Å². The van der Waals surface area contributed by atoms with Gasteiger partial charge in [-0.3, -0.25) is 4.57 Å². The molecule has 0 N–H and O–H groups in total. The maximum atomic E-state index is 13.8. The molecule has 29 heavy (non-hydrogen) atoms. The van der Waals surface area contributed by atoms with E-state index >= 15 is 0 Å². The number of ether oxygens (including phenoxy) is 1. The SMILES string of the molecule is C=CCn1c(COc2ccccc2F)nnc1SC(C#N)Cc1ccc(C)cc1. The van der Waals surface area contributed by atoms with Crippen molar-refractivity contribution in [1.29, 1.82) is 5.26 Å². The van der Waals surface area contributed by atoms with Crippen molar-refractivity contribution in [1.82, 2.24) is 14.8 Å². The Bertz CT molecular complexity index is 1010. The number of rotatable bonds is 9. The number of aromatic nitrogens is 3. The number of benzene rings is 2. The zero-order chi connectivity index (χ0) is 20.6. The summed E-state index contributed by atoms with van der Waals surface area (Å²) in [6, 6.07) is 16.7. The summed E-state index contributed by atoms with van der Waals surface area (Å²) in [5.41, 5.74) is 2.27. The summed E-state index contributed by atoms with van der Waals surface area (Å²) in [5.74, 6) is 0.270. The van der Waals surface area contributed by atoms with Gasteiger partial charge in [0.1, 0.15) is 11.9 Å². The molecule has 2 aromatic carbocycles. The van der Waals surface area contributed by atoms with Crippen LogP contribution in [0.1, 0.15) is 17.0 Å². The summed E-state index contributed by atoms with van der Waals surface area (Å²) < 4.78 is 21.2. The van der Waals surface area contributed by atoms with Gasteiger partial charge in [0.05, 0.1) is 6.07 Å². The minimum atomic E-state index is -0.431. The predicted molar refractivity (Wildman–Crippen MR) is 111 cm³/mol. The molecule has 7 heteroatoms. The second-order valence-corrected chi connectivity index (χ2v) is 7.61. The van der Waals surface area contributed by atoms with Gasteiger partial charge in [0.2, 0.25) is 0 Å². The summed E-state index contributed by atoms with van der Waals surface area (Å²) in [6.07, 6.45) is 2.32. The number of halogens is 1. The molecular weight excluding hydrogens is 387 g/mol. The van der Waals surface area contributed by atoms with E-state index in [1.165, 1.54) is 23.4 Å². The molecule has 1 unspecified atom stereocenters. The molecular formula is C22H21FN4OS. The Labute approximate surface area is 173 Å². The minimum Gasteiger partial charge on any atom is -0.483 e. The molecule has 0 aliphatic heterocycles. The van der Waals surface area contributed by atoms with E-state index in [1.807, 2.05) is 35.8 Å². The summed E-state index contributed by atoms with van der Waals surface area (Å²) in [6.45, 7) is 6.34. The molecule has 3 aromatic rings. The first-order valence-electron chi connectivity index (χ1n) is 9.13. The molecule has 148 valence electrons. The topological polar surface area (TPSA) is 63.7 Å². The number of hydrogen-bond acceptors (Lipinski definition) is 5. The fourth-order valence-corrected chi connectivity index (χ4v) is 3.69. The van der Waals surface area contributed by atoms with E-state index in [2.05, 4.69) is 22.8 Å². The highest BCUT2D eigenvalue weighted by Gasteiger charge is 2.18. The molecule has 0 radical (unpaired) electrons. The number of nitriles is 1. The fraction of sp³-hybridized carbons (Fsp3) is 0.227. The zero-order valence-corrected chi connectivity index (χ0v) is 16.9. The largest absolute Gasteiger partial charge is 0.483 e. The van der Waals surface area contributed by atoms with Crippen LogP contribution in [0.15, 0.2) is 66.3 Å². The van der Waals surface area contributed by atoms with Crippen molar-refractivity contribution in [3.05, 3.63) is 84.0 Å². The molecule has 1 heterocycles. The van der Waals surface area contributed by atoms with Gasteiger partial charge in [0.15, 0.2) is 22.5 Å². The second-order valence-electron chi connectivity index (χ2n) is 6.44. The lowest BCUT2D eigenvalue weighted by Gasteiger charge is -2.12. The van der Waals surface area contributed by atoms with Crippen molar-refractivity contribution >= 4 is 11.8 Å². The number of para-hydroxylation sites is 1. The van der Waals surface area contributed by atoms with E-state index in [1.54, 1.807) is 24.3 Å². The smallest absolute Gasteiger partial charge is 0.192 e. The van der Waals surface area contributed by atoms with Crippen LogP contribution >= 0.6 is 11.8 Å². The van der Waals surface area contributed by atoms with Gasteiger partial charge in [-0.2, -0.15) is 5.26 Å². The molecule has 1 aromatic heterocycles. The van der Waals surface area contributed by atoms with Crippen LogP contribution in [0.4, 0.5) is 4.39 Å². The second kappa shape index (κ2) is 9.89. The van der Waals surface area contributed by atoms with Gasteiger partial charge >= 0.3 is 0 Å². The van der Waals surface area contributed by atoms with Crippen molar-refractivity contribution in [2.24, 2.45) is 0 Å². The third kappa shape index (κ3) is 5.46. The molecule has 0 aliphatic carbocycles. The van der Waals surface area contributed by atoms with Crippen molar-refractivity contribution in [2.45, 2.75) is 36.9 Å². The fourth-order valence-electron chi connectivity index (χ4n) is 2.71. The maximum absolute atomic E-state index is 13.8. The van der Waals surface area contributed by atoms with Crippen LogP contribution in [0.2, 0.25) is 0 Å². The van der Waals surface area contributed by atoms with Gasteiger partial charge in [0, 0.05) is 6.54 Å². The quantitative estimate of drug-likeness (QED) is 0.379. The van der Waals surface area contributed by atoms with E-state index in [9.17, 15) is 9.65 Å². The monoisotopic (exact) mass is 408 g/mol. The molecule has 0 fully saturated rings. The van der Waals surface area contributed by atoms with Gasteiger partial charge in [-0.25, -0.2) is 4.39 Å². The van der Waals surface area contributed by atoms with Crippen LogP contribution in [0.25, 0.3) is 0 Å². The summed E-state index contributed by atoms with van der Waals surface area (Å²) in [7, 11) is 0. The number of aryl methyl sites for hydroxylation is 1. The maximum Gasteiger partial charge on any atom is 0.192 e. The van der Waals surface area contributed by atoms with E-state index in [0.29, 0.717) is 23.9 Å². The molecule has 0 saturated heterocycles. The lowest BCUT2D eigenvalue weighted by molar-refractivity contribution is 0.275. The first-order chi connectivity index (χ1) is 14.1. The van der Waals surface area contributed by atoms with E-state index in [-0.39, 0.29) is 17.6 Å². The van der Waals surface area contributed by atoms with Gasteiger partial charge in [-0.05, 0) is 31.0 Å². The Morgan fingerprint density at radius 3 is 2.69 bits per heavy atom. The Balaban J connectivity index is 1.73. The molecule has 0 spiro atoms. The zero-order valence-electron chi connectivity index (χ0n) is 16.1. The average molecular weight is 409 g/mol. The van der Waals surface area contributed by atoms with Crippen molar-refractivity contribution in [3.63, 3.8) is 0 Å². The Morgan fingerprint density at radius 1 is 1.24 bits per heavy atom. The van der Waals surface area contributed by atoms with Crippen molar-refractivity contribution < 1.29 is 9.13 Å². The van der Waals surface area contributed by atoms with E-state index in [4.69, 9.17) is 4.74 Å². The molecule has 5 nitrogen and oxygen atoms in total. The highest BCUT2D eigenvalue weighted by molar-refractivity contribution is 8.00. The Morgan fingerprint density at radius 2 is 2.00 bits per heavy atom. The standard InChI is InChI=1S/C22H21FN4OS/c1-3-12-27-21(15-28-20-7-5-4-6-19(20)23)25-26-22(27)29-18(14-24)13-17-10-8-16(2)9-11-17/h3-11,18H,1,12-13,15H2,2H3. The normalized spacial score (nSPS) is 11.6. The molecule has 0 bridgehead atoms. The lowest BCUT2D eigenvalue weighted by Crippen LogP contribution is -2.10. The Kier molecular flexibility index (Phi) is 7.04. The predicted octanol–water partition coefficient (Wildman–Crippen LogP) is 4.72. The minimum absolute atomic E-state index is 0.0670. The van der Waals surface area contributed by atoms with Gasteiger partial charge in [-0.15, -0.1) is 16.8 Å². The molecule has 0 saturated carbocycles. The highest BCUT2D eigenvalue weighted by Crippen LogP contribution is 2.26. The van der Waals surface area contributed by atoms with Crippen LogP contribution in [0.5, 0.6) is 5.75 Å². The van der Waals surface area contributed by atoms with Gasteiger partial charge in [-0.1, -0.05) is 59.8 Å². The third-order valence-electron chi connectivity index (χ3n) is 4.23. The van der Waals surface area contributed by atoms with E-state index < -0.39 is 5.82 Å². The summed E-state index contributed by atoms with van der Waals surface area (Å²) >= 11 is 1.35. The highest BCUT2D eigenvalue weighted by atomic mass is 32.2. The van der Waals surface area contributed by atoms with Crippen LogP contribution < -0.4 is 4.74 Å². The first-order valence-corrected chi connectivity index (χ1v) is 10.0. The number of allylic oxidation sites excluding steroid dienone is 1. The molecule has 0 amide bonds. The molecule has 0 aliphatic rings. The third-order valence-corrected chi connectivity index (χ3v) is 5.30. The van der Waals surface area contributed by atoms with Crippen molar-refractivity contribution in [3.8, 4) is 11.8 Å². The molecule has 1 atom stereocenters. The van der Waals surface area contributed by atoms with Crippen LogP contribution in [0, 0.1) is 24.1 Å². The lowest BCUT2D eigenvalue weighted by atomic mass is 10.1. The summed E-state index contributed by atoms with van der Waals surface area (Å²) in [5, 5.41) is 18.3. The number of hydrogen-bond donors (Lipinski definition) is 0. The van der Waals surface area contributed by atoms with Crippen LogP contribution in [0.3, 0.4) is 0 Å². The number of thioether (sulfide) groups is 1. The number of nitrogens with zero attached hydrogens (tertiary/aromatic N) is 4. The average Bonchev–Trinajstić information content (AvgIpc) is 3.10. The molecule has 3 rings (SSSR count).